The summed E-state index contributed by atoms with van der Waals surface area (Å²) in [7, 11) is 0. The fourth-order valence-corrected chi connectivity index (χ4v) is 3.43. The molecule has 0 radical (unpaired) electrons. The number of carboxylic acids is 1. The van der Waals surface area contributed by atoms with Crippen LogP contribution in [0.1, 0.15) is 65.5 Å². The molecule has 0 aromatic carbocycles. The van der Waals surface area contributed by atoms with Crippen LogP contribution < -0.4 is 0 Å². The minimum Gasteiger partial charge on any atom is -0.480 e. The molecule has 0 spiro atoms. The first-order valence-corrected chi connectivity index (χ1v) is 8.59. The van der Waals surface area contributed by atoms with Crippen molar-refractivity contribution in [1.82, 2.24) is 25.1 Å². The summed E-state index contributed by atoms with van der Waals surface area (Å²) in [6.07, 6.45) is 8.61. The van der Waals surface area contributed by atoms with E-state index in [4.69, 9.17) is 0 Å². The van der Waals surface area contributed by atoms with Crippen molar-refractivity contribution in [2.45, 2.75) is 51.5 Å². The number of hydrogen-bond donors (Lipinski definition) is 3. The molecule has 3 rings (SSSR count). The second-order valence-corrected chi connectivity index (χ2v) is 6.56. The fraction of sp³-hybridized carbons (Fsp3) is 0.529. The minimum absolute atomic E-state index is 0.149. The number of aliphatic carboxylic acids is 1. The van der Waals surface area contributed by atoms with Gasteiger partial charge in [0, 0.05) is 11.6 Å². The van der Waals surface area contributed by atoms with E-state index in [0.29, 0.717) is 11.3 Å². The Labute approximate surface area is 145 Å². The number of nitrogens with one attached hydrogen (secondary N) is 2. The van der Waals surface area contributed by atoms with Gasteiger partial charge in [-0.3, -0.25) is 14.7 Å². The van der Waals surface area contributed by atoms with E-state index in [1.165, 1.54) is 17.5 Å². The van der Waals surface area contributed by atoms with Crippen LogP contribution in [0.15, 0.2) is 12.5 Å². The number of aromatic nitrogens is 4. The number of H-pyrrole nitrogens is 2. The van der Waals surface area contributed by atoms with Gasteiger partial charge in [-0.05, 0) is 19.8 Å². The SMILES string of the molecule is Cc1[nH]cnc1CN(CC(=O)O)C(=O)c1cn[nH]c1C1CCCCC1. The molecular weight excluding hydrogens is 322 g/mol. The highest BCUT2D eigenvalue weighted by Gasteiger charge is 2.28. The Bertz CT molecular complexity index is 745. The van der Waals surface area contributed by atoms with Crippen molar-refractivity contribution in [3.63, 3.8) is 0 Å². The van der Waals surface area contributed by atoms with Crippen LogP contribution in [0.3, 0.4) is 0 Å². The number of carbonyl (C=O) groups is 2. The van der Waals surface area contributed by atoms with Crippen LogP contribution in [-0.4, -0.2) is 48.6 Å². The van der Waals surface area contributed by atoms with E-state index < -0.39 is 5.97 Å². The summed E-state index contributed by atoms with van der Waals surface area (Å²) in [5.74, 6) is -1.09. The van der Waals surface area contributed by atoms with Crippen LogP contribution in [0.2, 0.25) is 0 Å². The Morgan fingerprint density at radius 1 is 1.32 bits per heavy atom. The highest BCUT2D eigenvalue weighted by Crippen LogP contribution is 2.33. The van der Waals surface area contributed by atoms with Crippen molar-refractivity contribution in [2.24, 2.45) is 0 Å². The zero-order valence-corrected chi connectivity index (χ0v) is 14.3. The third-order valence-electron chi connectivity index (χ3n) is 4.80. The van der Waals surface area contributed by atoms with E-state index in [2.05, 4.69) is 20.2 Å². The van der Waals surface area contributed by atoms with Gasteiger partial charge in [0.25, 0.3) is 5.91 Å². The molecule has 134 valence electrons. The number of rotatable bonds is 6. The van der Waals surface area contributed by atoms with Gasteiger partial charge in [0.15, 0.2) is 0 Å². The van der Waals surface area contributed by atoms with Gasteiger partial charge in [0.2, 0.25) is 0 Å². The van der Waals surface area contributed by atoms with Gasteiger partial charge in [-0.25, -0.2) is 4.98 Å². The number of aryl methyl sites for hydroxylation is 1. The van der Waals surface area contributed by atoms with Gasteiger partial charge < -0.3 is 15.0 Å². The van der Waals surface area contributed by atoms with Gasteiger partial charge in [-0.15, -0.1) is 0 Å². The van der Waals surface area contributed by atoms with Crippen LogP contribution in [0.5, 0.6) is 0 Å². The Balaban J connectivity index is 1.83. The first-order valence-electron chi connectivity index (χ1n) is 8.59. The summed E-state index contributed by atoms with van der Waals surface area (Å²) >= 11 is 0. The number of carboxylic acid groups (broad SMARTS) is 1. The molecule has 0 atom stereocenters. The van der Waals surface area contributed by atoms with Crippen LogP contribution in [0.4, 0.5) is 0 Å². The first-order chi connectivity index (χ1) is 12.1. The Hall–Kier alpha value is -2.64. The molecule has 8 heteroatoms. The molecule has 2 heterocycles. The summed E-state index contributed by atoms with van der Waals surface area (Å²) in [5, 5.41) is 16.2. The molecule has 1 saturated carbocycles. The lowest BCUT2D eigenvalue weighted by molar-refractivity contribution is -0.137. The third kappa shape index (κ3) is 3.89. The number of hydrogen-bond acceptors (Lipinski definition) is 4. The predicted molar refractivity (Wildman–Crippen MR) is 90.1 cm³/mol. The highest BCUT2D eigenvalue weighted by molar-refractivity contribution is 5.96. The van der Waals surface area contributed by atoms with Crippen molar-refractivity contribution in [3.05, 3.63) is 35.2 Å². The maximum Gasteiger partial charge on any atom is 0.323 e. The molecular formula is C17H23N5O3. The van der Waals surface area contributed by atoms with Gasteiger partial charge in [-0.1, -0.05) is 19.3 Å². The topological polar surface area (TPSA) is 115 Å². The van der Waals surface area contributed by atoms with Crippen molar-refractivity contribution in [3.8, 4) is 0 Å². The van der Waals surface area contributed by atoms with E-state index in [9.17, 15) is 14.7 Å². The van der Waals surface area contributed by atoms with Gasteiger partial charge >= 0.3 is 5.97 Å². The smallest absolute Gasteiger partial charge is 0.323 e. The van der Waals surface area contributed by atoms with Crippen molar-refractivity contribution < 1.29 is 14.7 Å². The lowest BCUT2D eigenvalue weighted by atomic mass is 9.85. The third-order valence-corrected chi connectivity index (χ3v) is 4.80. The first kappa shape index (κ1) is 17.2. The highest BCUT2D eigenvalue weighted by atomic mass is 16.4. The number of amides is 1. The van der Waals surface area contributed by atoms with Gasteiger partial charge in [0.1, 0.15) is 6.54 Å². The van der Waals surface area contributed by atoms with E-state index >= 15 is 0 Å². The number of nitrogens with zero attached hydrogens (tertiary/aromatic N) is 3. The average molecular weight is 345 g/mol. The Morgan fingerprint density at radius 2 is 2.08 bits per heavy atom. The number of imidazole rings is 1. The molecule has 1 fully saturated rings. The largest absolute Gasteiger partial charge is 0.480 e. The number of carbonyl (C=O) groups excluding carboxylic acids is 1. The van der Waals surface area contributed by atoms with Gasteiger partial charge in [0.05, 0.1) is 36.0 Å². The molecule has 3 N–H and O–H groups in total. The lowest BCUT2D eigenvalue weighted by Crippen LogP contribution is -2.36. The summed E-state index contributed by atoms with van der Waals surface area (Å²) in [4.78, 5) is 32.7. The van der Waals surface area contributed by atoms with E-state index in [1.54, 1.807) is 6.33 Å². The number of aromatic amines is 2. The fourth-order valence-electron chi connectivity index (χ4n) is 3.43. The standard InChI is InChI=1S/C17H23N5O3/c1-11-14(19-10-18-11)8-22(9-15(23)24)17(25)13-7-20-21-16(13)12-5-3-2-4-6-12/h7,10,12H,2-6,8-9H2,1H3,(H,18,19)(H,20,21)(H,23,24). The Kier molecular flexibility index (Phi) is 5.16. The van der Waals surface area contributed by atoms with Crippen molar-refractivity contribution in [2.75, 3.05) is 6.54 Å². The Morgan fingerprint density at radius 3 is 2.72 bits per heavy atom. The quantitative estimate of drug-likeness (QED) is 0.742. The molecule has 0 bridgehead atoms. The molecule has 2 aromatic heterocycles. The molecule has 25 heavy (non-hydrogen) atoms. The second kappa shape index (κ2) is 7.50. The minimum atomic E-state index is -1.05. The van der Waals surface area contributed by atoms with Crippen LogP contribution in [0.25, 0.3) is 0 Å². The monoisotopic (exact) mass is 345 g/mol. The molecule has 1 amide bonds. The van der Waals surface area contributed by atoms with Crippen LogP contribution in [0, 0.1) is 6.92 Å². The second-order valence-electron chi connectivity index (χ2n) is 6.56. The summed E-state index contributed by atoms with van der Waals surface area (Å²) in [6, 6.07) is 0. The molecule has 0 aliphatic heterocycles. The average Bonchev–Trinajstić information content (AvgIpc) is 3.23. The van der Waals surface area contributed by atoms with Crippen molar-refractivity contribution in [1.29, 1.82) is 0 Å². The van der Waals surface area contributed by atoms with Crippen LogP contribution in [-0.2, 0) is 11.3 Å². The normalized spacial score (nSPS) is 15.2. The van der Waals surface area contributed by atoms with E-state index in [0.717, 1.165) is 37.1 Å². The van der Waals surface area contributed by atoms with E-state index in [1.807, 2.05) is 6.92 Å². The molecule has 0 saturated heterocycles. The van der Waals surface area contributed by atoms with Crippen LogP contribution >= 0.6 is 0 Å². The zero-order chi connectivity index (χ0) is 17.8. The summed E-state index contributed by atoms with van der Waals surface area (Å²) in [5.41, 5.74) is 2.79. The molecule has 2 aromatic rings. The molecule has 1 aliphatic carbocycles. The molecule has 8 nitrogen and oxygen atoms in total. The van der Waals surface area contributed by atoms with Gasteiger partial charge in [-0.2, -0.15) is 5.10 Å². The molecule has 1 aliphatic rings. The lowest BCUT2D eigenvalue weighted by Gasteiger charge is -2.24. The maximum absolute atomic E-state index is 13.0. The summed E-state index contributed by atoms with van der Waals surface area (Å²) < 4.78 is 0. The predicted octanol–water partition coefficient (Wildman–Crippen LogP) is 2.22. The maximum atomic E-state index is 13.0. The van der Waals surface area contributed by atoms with Crippen molar-refractivity contribution >= 4 is 11.9 Å². The summed E-state index contributed by atoms with van der Waals surface area (Å²) in [6.45, 7) is 1.62. The molecule has 0 unspecified atom stereocenters. The van der Waals surface area contributed by atoms with E-state index in [-0.39, 0.29) is 24.9 Å². The zero-order valence-electron chi connectivity index (χ0n) is 14.3.